The number of hydrogen-bond donors (Lipinski definition) is 2. The molecule has 0 spiro atoms. The molecule has 1 amide bonds. The second-order valence-corrected chi connectivity index (χ2v) is 2.86. The molecule has 0 saturated heterocycles. The van der Waals surface area contributed by atoms with Crippen LogP contribution in [0.25, 0.3) is 0 Å². The van der Waals surface area contributed by atoms with Crippen LogP contribution in [0.3, 0.4) is 0 Å². The third-order valence-corrected chi connectivity index (χ3v) is 1.92. The number of nitrogen functional groups attached to an aromatic ring is 1. The number of aromatic nitrogens is 1. The van der Waals surface area contributed by atoms with E-state index in [-0.39, 0.29) is 16.8 Å². The minimum Gasteiger partial charge on any atom is -0.398 e. The SMILES string of the molecule is Cc1c(N)c(C(N)=O)cn(C)c1=O. The van der Waals surface area contributed by atoms with Gasteiger partial charge < -0.3 is 16.0 Å². The summed E-state index contributed by atoms with van der Waals surface area (Å²) in [5.74, 6) is -0.629. The molecule has 13 heavy (non-hydrogen) atoms. The van der Waals surface area contributed by atoms with Crippen LogP contribution >= 0.6 is 0 Å². The topological polar surface area (TPSA) is 91.1 Å². The molecule has 0 aliphatic heterocycles. The predicted molar refractivity (Wildman–Crippen MR) is 49.4 cm³/mol. The van der Waals surface area contributed by atoms with Gasteiger partial charge in [-0.15, -0.1) is 0 Å². The van der Waals surface area contributed by atoms with Crippen molar-refractivity contribution in [3.63, 3.8) is 0 Å². The average Bonchev–Trinajstić information content (AvgIpc) is 2.07. The van der Waals surface area contributed by atoms with E-state index in [1.54, 1.807) is 14.0 Å². The first-order chi connectivity index (χ1) is 5.95. The van der Waals surface area contributed by atoms with Gasteiger partial charge >= 0.3 is 0 Å². The molecule has 0 unspecified atom stereocenters. The van der Waals surface area contributed by atoms with Gasteiger partial charge in [-0.3, -0.25) is 9.59 Å². The van der Waals surface area contributed by atoms with Gasteiger partial charge in [-0.05, 0) is 6.92 Å². The van der Waals surface area contributed by atoms with Crippen LogP contribution in [0.15, 0.2) is 11.0 Å². The Bertz CT molecular complexity index is 420. The van der Waals surface area contributed by atoms with Crippen LogP contribution in [0, 0.1) is 6.92 Å². The second-order valence-electron chi connectivity index (χ2n) is 2.86. The van der Waals surface area contributed by atoms with Crippen molar-refractivity contribution < 1.29 is 4.79 Å². The van der Waals surface area contributed by atoms with E-state index in [2.05, 4.69) is 0 Å². The number of hydrogen-bond acceptors (Lipinski definition) is 3. The molecule has 5 heteroatoms. The Morgan fingerprint density at radius 3 is 2.54 bits per heavy atom. The van der Waals surface area contributed by atoms with Crippen molar-refractivity contribution in [3.05, 3.63) is 27.7 Å². The van der Waals surface area contributed by atoms with Crippen LogP contribution in [0.2, 0.25) is 0 Å². The first-order valence-corrected chi connectivity index (χ1v) is 3.70. The third kappa shape index (κ3) is 1.40. The van der Waals surface area contributed by atoms with Gasteiger partial charge in [-0.1, -0.05) is 0 Å². The smallest absolute Gasteiger partial charge is 0.255 e. The molecule has 1 rings (SSSR count). The van der Waals surface area contributed by atoms with E-state index in [9.17, 15) is 9.59 Å². The van der Waals surface area contributed by atoms with Gasteiger partial charge in [-0.25, -0.2) is 0 Å². The molecular formula is C8H11N3O2. The van der Waals surface area contributed by atoms with E-state index in [0.29, 0.717) is 5.56 Å². The highest BCUT2D eigenvalue weighted by Crippen LogP contribution is 2.11. The standard InChI is InChI=1S/C8H11N3O2/c1-4-6(9)5(7(10)12)3-11(2)8(4)13/h3H,9H2,1-2H3,(H2,10,12). The molecule has 0 saturated carbocycles. The Morgan fingerprint density at radius 2 is 2.08 bits per heavy atom. The Hall–Kier alpha value is -1.78. The van der Waals surface area contributed by atoms with Crippen molar-refractivity contribution in [2.24, 2.45) is 12.8 Å². The molecule has 4 N–H and O–H groups in total. The number of anilines is 1. The maximum Gasteiger partial charge on any atom is 0.255 e. The first kappa shape index (κ1) is 9.31. The predicted octanol–water partition coefficient (Wildman–Crippen LogP) is -0.625. The fraction of sp³-hybridized carbons (Fsp3) is 0.250. The molecule has 1 aromatic rings. The summed E-state index contributed by atoms with van der Waals surface area (Å²) in [6, 6.07) is 0. The lowest BCUT2D eigenvalue weighted by Gasteiger charge is -2.07. The molecule has 0 aromatic carbocycles. The summed E-state index contributed by atoms with van der Waals surface area (Å²) in [7, 11) is 1.54. The molecule has 1 heterocycles. The number of aryl methyl sites for hydroxylation is 1. The highest BCUT2D eigenvalue weighted by atomic mass is 16.1. The van der Waals surface area contributed by atoms with Gasteiger partial charge in [0, 0.05) is 18.8 Å². The number of rotatable bonds is 1. The maximum atomic E-state index is 11.3. The first-order valence-electron chi connectivity index (χ1n) is 3.70. The summed E-state index contributed by atoms with van der Waals surface area (Å²) >= 11 is 0. The van der Waals surface area contributed by atoms with Gasteiger partial charge in [0.15, 0.2) is 0 Å². The minimum absolute atomic E-state index is 0.163. The number of carbonyl (C=O) groups is 1. The van der Waals surface area contributed by atoms with E-state index >= 15 is 0 Å². The van der Waals surface area contributed by atoms with E-state index in [1.165, 1.54) is 10.8 Å². The summed E-state index contributed by atoms with van der Waals surface area (Å²) in [5.41, 5.74) is 11.1. The minimum atomic E-state index is -0.629. The number of amides is 1. The number of primary amides is 1. The molecule has 0 atom stereocenters. The van der Waals surface area contributed by atoms with Gasteiger partial charge in [0.2, 0.25) is 0 Å². The summed E-state index contributed by atoms with van der Waals surface area (Å²) in [6.07, 6.45) is 1.34. The van der Waals surface area contributed by atoms with E-state index in [0.717, 1.165) is 0 Å². The monoisotopic (exact) mass is 181 g/mol. The lowest BCUT2D eigenvalue weighted by molar-refractivity contribution is 0.100. The molecule has 0 bridgehead atoms. The Balaban J connectivity index is 3.60. The van der Waals surface area contributed by atoms with Gasteiger partial charge in [-0.2, -0.15) is 0 Å². The fourth-order valence-corrected chi connectivity index (χ4v) is 1.10. The van der Waals surface area contributed by atoms with Crippen LogP contribution in [0.4, 0.5) is 5.69 Å². The van der Waals surface area contributed by atoms with E-state index < -0.39 is 5.91 Å². The van der Waals surface area contributed by atoms with Gasteiger partial charge in [0.25, 0.3) is 11.5 Å². The third-order valence-electron chi connectivity index (χ3n) is 1.92. The fourth-order valence-electron chi connectivity index (χ4n) is 1.10. The zero-order chi connectivity index (χ0) is 10.2. The zero-order valence-corrected chi connectivity index (χ0v) is 7.50. The van der Waals surface area contributed by atoms with E-state index in [4.69, 9.17) is 11.5 Å². The van der Waals surface area contributed by atoms with Crippen LogP contribution in [0.5, 0.6) is 0 Å². The van der Waals surface area contributed by atoms with Crippen molar-refractivity contribution in [1.82, 2.24) is 4.57 Å². The van der Waals surface area contributed by atoms with E-state index in [1.807, 2.05) is 0 Å². The number of nitrogens with zero attached hydrogens (tertiary/aromatic N) is 1. The summed E-state index contributed by atoms with van der Waals surface area (Å²) in [4.78, 5) is 22.2. The molecular weight excluding hydrogens is 170 g/mol. The summed E-state index contributed by atoms with van der Waals surface area (Å²) in [5, 5.41) is 0. The van der Waals surface area contributed by atoms with Crippen LogP contribution in [-0.2, 0) is 7.05 Å². The van der Waals surface area contributed by atoms with Crippen LogP contribution in [-0.4, -0.2) is 10.5 Å². The van der Waals surface area contributed by atoms with Crippen molar-refractivity contribution in [2.45, 2.75) is 6.92 Å². The zero-order valence-electron chi connectivity index (χ0n) is 7.50. The highest BCUT2D eigenvalue weighted by Gasteiger charge is 2.11. The van der Waals surface area contributed by atoms with Crippen molar-refractivity contribution in [3.8, 4) is 0 Å². The van der Waals surface area contributed by atoms with Crippen LogP contribution < -0.4 is 17.0 Å². The second kappa shape index (κ2) is 2.93. The van der Waals surface area contributed by atoms with Gasteiger partial charge in [0.1, 0.15) is 0 Å². The summed E-state index contributed by atoms with van der Waals surface area (Å²) < 4.78 is 1.28. The van der Waals surface area contributed by atoms with Crippen molar-refractivity contribution in [2.75, 3.05) is 5.73 Å². The quantitative estimate of drug-likeness (QED) is 0.604. The molecule has 5 nitrogen and oxygen atoms in total. The van der Waals surface area contributed by atoms with Crippen LogP contribution in [0.1, 0.15) is 15.9 Å². The number of pyridine rings is 1. The van der Waals surface area contributed by atoms with Crippen molar-refractivity contribution in [1.29, 1.82) is 0 Å². The summed E-state index contributed by atoms with van der Waals surface area (Å²) in [6.45, 7) is 1.56. The average molecular weight is 181 g/mol. The van der Waals surface area contributed by atoms with Gasteiger partial charge in [0.05, 0.1) is 11.3 Å². The Labute approximate surface area is 75.0 Å². The molecule has 0 aliphatic rings. The maximum absolute atomic E-state index is 11.3. The number of carbonyl (C=O) groups excluding carboxylic acids is 1. The lowest BCUT2D eigenvalue weighted by atomic mass is 10.1. The largest absolute Gasteiger partial charge is 0.398 e. The molecule has 0 fully saturated rings. The van der Waals surface area contributed by atoms with Crippen molar-refractivity contribution >= 4 is 11.6 Å². The number of nitrogens with two attached hydrogens (primary N) is 2. The Morgan fingerprint density at radius 1 is 1.54 bits per heavy atom. The molecule has 0 aliphatic carbocycles. The Kier molecular flexibility index (Phi) is 2.10. The molecule has 70 valence electrons. The molecule has 0 radical (unpaired) electrons. The lowest BCUT2D eigenvalue weighted by Crippen LogP contribution is -2.25. The highest BCUT2D eigenvalue weighted by molar-refractivity contribution is 5.98. The molecule has 1 aromatic heterocycles. The normalized spacial score (nSPS) is 10.0.